The third kappa shape index (κ3) is 3.62. The second kappa shape index (κ2) is 8.68. The van der Waals surface area contributed by atoms with Gasteiger partial charge in [-0.05, 0) is 49.3 Å². The number of nitrogens with zero attached hydrogens (tertiary/aromatic N) is 1. The highest BCUT2D eigenvalue weighted by atomic mass is 32.1. The SMILES string of the molecule is O=C1c2ccccc2C(=O)C1CCCCC#Cc1cc2c(cc1F)c(=O)c1c(=O)[nH]sc1n2C1CC1. The van der Waals surface area contributed by atoms with Crippen molar-refractivity contribution in [2.45, 2.75) is 44.6 Å². The maximum Gasteiger partial charge on any atom is 0.271 e. The van der Waals surface area contributed by atoms with Crippen molar-refractivity contribution in [1.82, 2.24) is 8.94 Å². The van der Waals surface area contributed by atoms with Gasteiger partial charge in [-0.1, -0.05) is 42.5 Å². The zero-order valence-electron chi connectivity index (χ0n) is 19.2. The van der Waals surface area contributed by atoms with Gasteiger partial charge in [-0.2, -0.15) is 0 Å². The van der Waals surface area contributed by atoms with E-state index in [0.717, 1.165) is 24.4 Å². The lowest BCUT2D eigenvalue weighted by Gasteiger charge is -2.12. The summed E-state index contributed by atoms with van der Waals surface area (Å²) in [4.78, 5) is 50.7. The Bertz CT molecular complexity index is 1730. The van der Waals surface area contributed by atoms with E-state index in [0.29, 0.717) is 47.2 Å². The van der Waals surface area contributed by atoms with Crippen LogP contribution < -0.4 is 11.0 Å². The quantitative estimate of drug-likeness (QED) is 0.238. The van der Waals surface area contributed by atoms with E-state index >= 15 is 0 Å². The van der Waals surface area contributed by atoms with Gasteiger partial charge in [0.25, 0.3) is 5.56 Å². The summed E-state index contributed by atoms with van der Waals surface area (Å²) in [6.45, 7) is 0. The smallest absolute Gasteiger partial charge is 0.271 e. The van der Waals surface area contributed by atoms with Crippen molar-refractivity contribution in [3.63, 3.8) is 0 Å². The summed E-state index contributed by atoms with van der Waals surface area (Å²) < 4.78 is 19.5. The van der Waals surface area contributed by atoms with Crippen molar-refractivity contribution in [2.75, 3.05) is 0 Å². The average Bonchev–Trinajstić information content (AvgIpc) is 3.60. The molecule has 2 aliphatic rings. The number of carbonyl (C=O) groups is 2. The van der Waals surface area contributed by atoms with Crippen LogP contribution in [0.1, 0.15) is 70.8 Å². The average molecular weight is 501 g/mol. The maximum atomic E-state index is 14.9. The van der Waals surface area contributed by atoms with E-state index in [4.69, 9.17) is 0 Å². The number of ketones is 2. The van der Waals surface area contributed by atoms with Crippen LogP contribution in [-0.4, -0.2) is 20.5 Å². The minimum absolute atomic E-state index is 0.0833. The highest BCUT2D eigenvalue weighted by Gasteiger charge is 2.37. The number of benzene rings is 2. The Labute approximate surface area is 208 Å². The number of hydrogen-bond donors (Lipinski definition) is 1. The molecule has 6 rings (SSSR count). The topological polar surface area (TPSA) is 89.0 Å². The Morgan fingerprint density at radius 1 is 1.03 bits per heavy atom. The molecule has 180 valence electrons. The zero-order chi connectivity index (χ0) is 25.0. The summed E-state index contributed by atoms with van der Waals surface area (Å²) >= 11 is 1.13. The fourth-order valence-electron chi connectivity index (χ4n) is 5.03. The molecule has 0 unspecified atom stereocenters. The Morgan fingerprint density at radius 3 is 2.44 bits per heavy atom. The third-order valence-electron chi connectivity index (χ3n) is 6.99. The summed E-state index contributed by atoms with van der Waals surface area (Å²) in [6.07, 6.45) is 4.19. The number of halogens is 1. The van der Waals surface area contributed by atoms with Gasteiger partial charge in [0.1, 0.15) is 16.0 Å². The number of carbonyl (C=O) groups excluding carboxylic acids is 2. The Kier molecular flexibility index (Phi) is 5.45. The number of aromatic amines is 1. The number of unbranched alkanes of at least 4 members (excludes halogenated alkanes) is 2. The lowest BCUT2D eigenvalue weighted by atomic mass is 9.96. The first-order valence-corrected chi connectivity index (χ1v) is 12.8. The number of pyridine rings is 1. The van der Waals surface area contributed by atoms with Gasteiger partial charge in [0.15, 0.2) is 11.6 Å². The summed E-state index contributed by atoms with van der Waals surface area (Å²) in [6, 6.07) is 9.90. The summed E-state index contributed by atoms with van der Waals surface area (Å²) in [5, 5.41) is 0.271. The van der Waals surface area contributed by atoms with Gasteiger partial charge in [0.2, 0.25) is 5.43 Å². The van der Waals surface area contributed by atoms with Gasteiger partial charge >= 0.3 is 0 Å². The van der Waals surface area contributed by atoms with Crippen LogP contribution >= 0.6 is 11.5 Å². The Morgan fingerprint density at radius 2 is 1.75 bits per heavy atom. The lowest BCUT2D eigenvalue weighted by Crippen LogP contribution is -2.15. The molecule has 2 aliphatic carbocycles. The molecule has 4 aromatic rings. The molecular formula is C28H21FN2O4S. The summed E-state index contributed by atoms with van der Waals surface area (Å²) in [5.74, 6) is 4.45. The van der Waals surface area contributed by atoms with Gasteiger partial charge in [-0.15, -0.1) is 0 Å². The standard InChI is InChI=1S/C28H21FN2O4S/c29-21-14-20-22(31(16-11-12-16)28-23(26(20)34)27(35)30-36-28)13-15(21)7-3-1-2-4-10-19-24(32)17-8-5-6-9-18(17)25(19)33/h5-6,8-9,13-14,16,19H,1-2,4,10-12H2,(H,30,35). The number of fused-ring (bicyclic) bond motifs is 3. The van der Waals surface area contributed by atoms with Gasteiger partial charge in [-0.3, -0.25) is 23.6 Å². The highest BCUT2D eigenvalue weighted by molar-refractivity contribution is 7.12. The van der Waals surface area contributed by atoms with Crippen molar-refractivity contribution in [3.05, 3.63) is 79.5 Å². The van der Waals surface area contributed by atoms with E-state index in [2.05, 4.69) is 16.2 Å². The van der Waals surface area contributed by atoms with Gasteiger partial charge < -0.3 is 4.57 Å². The monoisotopic (exact) mass is 500 g/mol. The molecule has 0 aliphatic heterocycles. The van der Waals surface area contributed by atoms with Crippen LogP contribution in [0.3, 0.4) is 0 Å². The molecule has 0 saturated heterocycles. The number of rotatable bonds is 5. The first-order chi connectivity index (χ1) is 17.5. The summed E-state index contributed by atoms with van der Waals surface area (Å²) in [5.41, 5.74) is 0.909. The van der Waals surface area contributed by atoms with Gasteiger partial charge in [0, 0.05) is 29.0 Å². The second-order valence-electron chi connectivity index (χ2n) is 9.37. The Hall–Kier alpha value is -3.83. The van der Waals surface area contributed by atoms with Crippen LogP contribution in [0.15, 0.2) is 46.0 Å². The minimum Gasteiger partial charge on any atom is -0.328 e. The number of Topliss-reactive ketones (excluding diaryl/α,β-unsaturated/α-hetero) is 2. The van der Waals surface area contributed by atoms with E-state index in [1.807, 2.05) is 4.57 Å². The number of nitrogens with one attached hydrogen (secondary N) is 1. The van der Waals surface area contributed by atoms with Crippen LogP contribution in [0.25, 0.3) is 21.1 Å². The molecule has 2 aromatic heterocycles. The van der Waals surface area contributed by atoms with Crippen molar-refractivity contribution in [1.29, 1.82) is 0 Å². The molecule has 36 heavy (non-hydrogen) atoms. The first-order valence-electron chi connectivity index (χ1n) is 12.0. The number of aromatic nitrogens is 2. The van der Waals surface area contributed by atoms with Crippen LogP contribution in [0.2, 0.25) is 0 Å². The van der Waals surface area contributed by atoms with Crippen LogP contribution in [0.4, 0.5) is 4.39 Å². The predicted octanol–water partition coefficient (Wildman–Crippen LogP) is 4.99. The van der Waals surface area contributed by atoms with E-state index < -0.39 is 22.7 Å². The molecule has 0 atom stereocenters. The highest BCUT2D eigenvalue weighted by Crippen LogP contribution is 2.40. The van der Waals surface area contributed by atoms with E-state index in [-0.39, 0.29) is 33.9 Å². The molecule has 0 spiro atoms. The molecule has 2 aromatic carbocycles. The van der Waals surface area contributed by atoms with E-state index in [1.165, 1.54) is 6.07 Å². The third-order valence-corrected chi connectivity index (χ3v) is 7.87. The molecule has 1 saturated carbocycles. The summed E-state index contributed by atoms with van der Waals surface area (Å²) in [7, 11) is 0. The van der Waals surface area contributed by atoms with E-state index in [1.54, 1.807) is 30.3 Å². The molecular weight excluding hydrogens is 479 g/mol. The van der Waals surface area contributed by atoms with Crippen LogP contribution in [-0.2, 0) is 0 Å². The molecule has 8 heteroatoms. The predicted molar refractivity (Wildman–Crippen MR) is 136 cm³/mol. The van der Waals surface area contributed by atoms with Crippen molar-refractivity contribution in [2.24, 2.45) is 5.92 Å². The van der Waals surface area contributed by atoms with Gasteiger partial charge in [0.05, 0.1) is 17.0 Å². The van der Waals surface area contributed by atoms with Crippen LogP contribution in [0, 0.1) is 23.6 Å². The molecule has 1 fully saturated rings. The van der Waals surface area contributed by atoms with Crippen molar-refractivity contribution in [3.8, 4) is 11.8 Å². The van der Waals surface area contributed by atoms with E-state index in [9.17, 15) is 23.6 Å². The minimum atomic E-state index is -0.617. The van der Waals surface area contributed by atoms with Crippen LogP contribution in [0.5, 0.6) is 0 Å². The fourth-order valence-corrected chi connectivity index (χ4v) is 5.96. The van der Waals surface area contributed by atoms with Gasteiger partial charge in [-0.25, -0.2) is 4.39 Å². The molecule has 2 heterocycles. The molecule has 6 nitrogen and oxygen atoms in total. The molecule has 1 N–H and O–H groups in total. The van der Waals surface area contributed by atoms with Crippen molar-refractivity contribution >= 4 is 44.2 Å². The molecule has 0 radical (unpaired) electrons. The Balaban J connectivity index is 1.19. The largest absolute Gasteiger partial charge is 0.328 e. The number of H-pyrrole nitrogens is 1. The normalized spacial score (nSPS) is 15.5. The molecule has 0 amide bonds. The lowest BCUT2D eigenvalue weighted by molar-refractivity contribution is 0.0829. The number of hydrogen-bond acceptors (Lipinski definition) is 5. The zero-order valence-corrected chi connectivity index (χ0v) is 20.0. The fraction of sp³-hybridized carbons (Fsp3) is 0.286. The molecule has 0 bridgehead atoms. The van der Waals surface area contributed by atoms with Crippen molar-refractivity contribution < 1.29 is 14.0 Å². The first kappa shape index (κ1) is 22.6. The second-order valence-corrected chi connectivity index (χ2v) is 10.2. The maximum absolute atomic E-state index is 14.9.